The smallest absolute Gasteiger partial charge is 0.252 e. The molecule has 3 rings (SSSR count). The van der Waals surface area contributed by atoms with Gasteiger partial charge in [-0.3, -0.25) is 9.69 Å². The molecular weight excluding hydrogens is 330 g/mol. The van der Waals surface area contributed by atoms with E-state index in [2.05, 4.69) is 21.3 Å². The number of methoxy groups -OCH3 is 2. The minimum Gasteiger partial charge on any atom is -0.497 e. The molecule has 0 radical (unpaired) electrons. The van der Waals surface area contributed by atoms with Crippen molar-refractivity contribution in [2.75, 3.05) is 33.9 Å². The molecule has 1 saturated heterocycles. The summed E-state index contributed by atoms with van der Waals surface area (Å²) in [5.41, 5.74) is 1.68. The van der Waals surface area contributed by atoms with Crippen molar-refractivity contribution in [3.05, 3.63) is 53.7 Å². The van der Waals surface area contributed by atoms with Crippen molar-refractivity contribution in [3.8, 4) is 11.6 Å². The Labute approximate surface area is 154 Å². The van der Waals surface area contributed by atoms with Gasteiger partial charge in [-0.1, -0.05) is 12.1 Å². The molecule has 1 aliphatic rings. The van der Waals surface area contributed by atoms with Crippen LogP contribution in [0.25, 0.3) is 0 Å². The molecule has 1 aromatic carbocycles. The summed E-state index contributed by atoms with van der Waals surface area (Å²) in [5, 5.41) is 3.05. The molecule has 1 aliphatic heterocycles. The van der Waals surface area contributed by atoms with Gasteiger partial charge in [-0.05, 0) is 49.7 Å². The number of benzene rings is 1. The lowest BCUT2D eigenvalue weighted by Crippen LogP contribution is -2.36. The lowest BCUT2D eigenvalue weighted by molar-refractivity contribution is 0.0937. The number of rotatable bonds is 7. The van der Waals surface area contributed by atoms with Gasteiger partial charge in [-0.2, -0.15) is 0 Å². The van der Waals surface area contributed by atoms with Gasteiger partial charge in [0.25, 0.3) is 5.91 Å². The molecule has 0 spiro atoms. The van der Waals surface area contributed by atoms with Crippen LogP contribution in [0.3, 0.4) is 0 Å². The largest absolute Gasteiger partial charge is 0.497 e. The summed E-state index contributed by atoms with van der Waals surface area (Å²) in [7, 11) is 3.22. The number of aromatic nitrogens is 1. The van der Waals surface area contributed by atoms with Gasteiger partial charge in [0.05, 0.1) is 25.8 Å². The van der Waals surface area contributed by atoms with E-state index in [1.807, 2.05) is 18.2 Å². The number of nitrogens with one attached hydrogen (secondary N) is 1. The number of pyridine rings is 1. The molecule has 0 saturated carbocycles. The lowest BCUT2D eigenvalue weighted by atomic mass is 10.0. The van der Waals surface area contributed by atoms with Crippen LogP contribution in [0.1, 0.15) is 34.8 Å². The Morgan fingerprint density at radius 2 is 2.00 bits per heavy atom. The van der Waals surface area contributed by atoms with Crippen LogP contribution in [0.4, 0.5) is 0 Å². The summed E-state index contributed by atoms with van der Waals surface area (Å²) >= 11 is 0. The second-order valence-electron chi connectivity index (χ2n) is 6.33. The zero-order valence-corrected chi connectivity index (χ0v) is 15.3. The second kappa shape index (κ2) is 8.67. The third-order valence-electron chi connectivity index (χ3n) is 4.72. The zero-order valence-electron chi connectivity index (χ0n) is 15.3. The molecule has 138 valence electrons. The number of carbonyl (C=O) groups is 1. The van der Waals surface area contributed by atoms with Crippen LogP contribution in [0.2, 0.25) is 0 Å². The van der Waals surface area contributed by atoms with Gasteiger partial charge in [-0.15, -0.1) is 0 Å². The zero-order chi connectivity index (χ0) is 18.4. The molecule has 1 N–H and O–H groups in total. The van der Waals surface area contributed by atoms with E-state index in [-0.39, 0.29) is 11.9 Å². The fraction of sp³-hybridized carbons (Fsp3) is 0.400. The summed E-state index contributed by atoms with van der Waals surface area (Å²) < 4.78 is 10.4. The van der Waals surface area contributed by atoms with Crippen molar-refractivity contribution >= 4 is 5.91 Å². The highest BCUT2D eigenvalue weighted by atomic mass is 16.5. The molecule has 1 atom stereocenters. The predicted octanol–water partition coefficient (Wildman–Crippen LogP) is 2.67. The first-order valence-corrected chi connectivity index (χ1v) is 8.87. The Bertz CT molecular complexity index is 727. The van der Waals surface area contributed by atoms with Crippen LogP contribution in [0.15, 0.2) is 42.6 Å². The SMILES string of the molecule is COc1cccc(C(CNC(=O)c2ccc(OC)nc2)N2CCCC2)c1. The van der Waals surface area contributed by atoms with Crippen molar-refractivity contribution in [2.45, 2.75) is 18.9 Å². The molecule has 1 fully saturated rings. The first-order valence-electron chi connectivity index (χ1n) is 8.87. The van der Waals surface area contributed by atoms with Gasteiger partial charge in [0.15, 0.2) is 0 Å². The predicted molar refractivity (Wildman–Crippen MR) is 99.7 cm³/mol. The van der Waals surface area contributed by atoms with Crippen molar-refractivity contribution in [1.82, 2.24) is 15.2 Å². The quantitative estimate of drug-likeness (QED) is 0.827. The van der Waals surface area contributed by atoms with E-state index in [4.69, 9.17) is 9.47 Å². The Hall–Kier alpha value is -2.60. The maximum absolute atomic E-state index is 12.5. The maximum Gasteiger partial charge on any atom is 0.252 e. The van der Waals surface area contributed by atoms with Gasteiger partial charge < -0.3 is 14.8 Å². The number of hydrogen-bond acceptors (Lipinski definition) is 5. The van der Waals surface area contributed by atoms with Crippen LogP contribution in [-0.4, -0.2) is 49.6 Å². The highest BCUT2D eigenvalue weighted by molar-refractivity contribution is 5.93. The number of ether oxygens (including phenoxy) is 2. The average molecular weight is 355 g/mol. The van der Waals surface area contributed by atoms with Crippen LogP contribution in [-0.2, 0) is 0 Å². The Morgan fingerprint density at radius 3 is 2.65 bits per heavy atom. The molecule has 1 amide bonds. The van der Waals surface area contributed by atoms with Gasteiger partial charge in [0.1, 0.15) is 5.75 Å². The van der Waals surface area contributed by atoms with Crippen LogP contribution >= 0.6 is 0 Å². The van der Waals surface area contributed by atoms with Crippen molar-refractivity contribution in [3.63, 3.8) is 0 Å². The molecular formula is C20H25N3O3. The molecule has 0 bridgehead atoms. The summed E-state index contributed by atoms with van der Waals surface area (Å²) in [6.07, 6.45) is 3.91. The molecule has 1 aromatic heterocycles. The summed E-state index contributed by atoms with van der Waals surface area (Å²) in [5.74, 6) is 1.19. The highest BCUT2D eigenvalue weighted by Gasteiger charge is 2.24. The van der Waals surface area contributed by atoms with Crippen LogP contribution in [0, 0.1) is 0 Å². The Kier molecular flexibility index (Phi) is 6.07. The van der Waals surface area contributed by atoms with Gasteiger partial charge in [0, 0.05) is 18.8 Å². The molecule has 2 aromatic rings. The molecule has 26 heavy (non-hydrogen) atoms. The van der Waals surface area contributed by atoms with E-state index < -0.39 is 0 Å². The standard InChI is InChI=1S/C20H25N3O3/c1-25-17-7-5-6-15(12-17)18(23-10-3-4-11-23)14-22-20(24)16-8-9-19(26-2)21-13-16/h5-9,12-13,18H,3-4,10-11,14H2,1-2H3,(H,22,24). The van der Waals surface area contributed by atoms with Gasteiger partial charge in [0.2, 0.25) is 5.88 Å². The number of amides is 1. The first kappa shape index (κ1) is 18.2. The number of hydrogen-bond donors (Lipinski definition) is 1. The number of likely N-dealkylation sites (tertiary alicyclic amines) is 1. The fourth-order valence-corrected chi connectivity index (χ4v) is 3.29. The normalized spacial score (nSPS) is 15.5. The topological polar surface area (TPSA) is 63.7 Å². The molecule has 6 heteroatoms. The second-order valence-corrected chi connectivity index (χ2v) is 6.33. The fourth-order valence-electron chi connectivity index (χ4n) is 3.29. The number of carbonyl (C=O) groups excluding carboxylic acids is 1. The summed E-state index contributed by atoms with van der Waals surface area (Å²) in [6, 6.07) is 11.6. The monoisotopic (exact) mass is 355 g/mol. The maximum atomic E-state index is 12.5. The molecule has 1 unspecified atom stereocenters. The third-order valence-corrected chi connectivity index (χ3v) is 4.72. The first-order chi connectivity index (χ1) is 12.7. The van der Waals surface area contributed by atoms with E-state index in [1.54, 1.807) is 26.4 Å². The van der Waals surface area contributed by atoms with E-state index in [0.29, 0.717) is 18.0 Å². The van der Waals surface area contributed by atoms with E-state index in [9.17, 15) is 4.79 Å². The lowest BCUT2D eigenvalue weighted by Gasteiger charge is -2.28. The summed E-state index contributed by atoms with van der Waals surface area (Å²) in [6.45, 7) is 2.63. The van der Waals surface area contributed by atoms with E-state index in [1.165, 1.54) is 19.0 Å². The van der Waals surface area contributed by atoms with Crippen molar-refractivity contribution < 1.29 is 14.3 Å². The Morgan fingerprint density at radius 1 is 1.19 bits per heavy atom. The summed E-state index contributed by atoms with van der Waals surface area (Å²) in [4.78, 5) is 19.0. The van der Waals surface area contributed by atoms with Crippen molar-refractivity contribution in [1.29, 1.82) is 0 Å². The van der Waals surface area contributed by atoms with Gasteiger partial charge in [-0.25, -0.2) is 4.98 Å². The van der Waals surface area contributed by atoms with Crippen LogP contribution in [0.5, 0.6) is 11.6 Å². The average Bonchev–Trinajstić information content (AvgIpc) is 3.22. The molecule has 0 aliphatic carbocycles. The highest BCUT2D eigenvalue weighted by Crippen LogP contribution is 2.27. The minimum absolute atomic E-state index is 0.128. The minimum atomic E-state index is -0.132. The molecule has 6 nitrogen and oxygen atoms in total. The van der Waals surface area contributed by atoms with Crippen molar-refractivity contribution in [2.24, 2.45) is 0 Å². The number of nitrogens with zero attached hydrogens (tertiary/aromatic N) is 2. The van der Waals surface area contributed by atoms with E-state index >= 15 is 0 Å². The van der Waals surface area contributed by atoms with E-state index in [0.717, 1.165) is 24.4 Å². The molecule has 2 heterocycles. The third kappa shape index (κ3) is 4.32. The Balaban J connectivity index is 1.71. The van der Waals surface area contributed by atoms with Crippen LogP contribution < -0.4 is 14.8 Å². The van der Waals surface area contributed by atoms with Gasteiger partial charge >= 0.3 is 0 Å².